The number of rotatable bonds is 6. The summed E-state index contributed by atoms with van der Waals surface area (Å²) in [5, 5.41) is 3.57. The normalized spacial score (nSPS) is 15.6. The summed E-state index contributed by atoms with van der Waals surface area (Å²) >= 11 is 5.96. The number of aryl methyl sites for hydroxylation is 1. The molecule has 21 heavy (non-hydrogen) atoms. The average Bonchev–Trinajstić information content (AvgIpc) is 2.94. The molecule has 0 radical (unpaired) electrons. The van der Waals surface area contributed by atoms with Crippen molar-refractivity contribution in [2.75, 3.05) is 45.1 Å². The highest BCUT2D eigenvalue weighted by molar-refractivity contribution is 6.31. The number of amides is 1. The molecule has 1 heterocycles. The summed E-state index contributed by atoms with van der Waals surface area (Å²) in [4.78, 5) is 16.6. The Balaban J connectivity index is 1.76. The van der Waals surface area contributed by atoms with Crippen LogP contribution in [0.4, 0.5) is 5.69 Å². The van der Waals surface area contributed by atoms with Crippen molar-refractivity contribution >= 4 is 23.2 Å². The van der Waals surface area contributed by atoms with Gasteiger partial charge in [0.05, 0.1) is 6.54 Å². The quantitative estimate of drug-likeness (QED) is 0.877. The molecule has 1 amide bonds. The molecule has 1 aromatic carbocycles. The van der Waals surface area contributed by atoms with Gasteiger partial charge >= 0.3 is 0 Å². The van der Waals surface area contributed by atoms with Crippen LogP contribution in [0.1, 0.15) is 18.4 Å². The number of anilines is 1. The molecule has 5 heteroatoms. The molecule has 1 fully saturated rings. The van der Waals surface area contributed by atoms with Crippen LogP contribution in [0.5, 0.6) is 0 Å². The Kier molecular flexibility index (Phi) is 6.03. The number of hydrogen-bond acceptors (Lipinski definition) is 3. The van der Waals surface area contributed by atoms with Crippen molar-refractivity contribution in [2.24, 2.45) is 0 Å². The highest BCUT2D eigenvalue weighted by Crippen LogP contribution is 2.20. The van der Waals surface area contributed by atoms with Gasteiger partial charge in [0.1, 0.15) is 0 Å². The first-order valence-electron chi connectivity index (χ1n) is 7.51. The first-order chi connectivity index (χ1) is 10.0. The summed E-state index contributed by atoms with van der Waals surface area (Å²) in [7, 11) is 1.99. The topological polar surface area (TPSA) is 35.6 Å². The van der Waals surface area contributed by atoms with Crippen LogP contribution >= 0.6 is 11.6 Å². The van der Waals surface area contributed by atoms with Crippen LogP contribution in [-0.2, 0) is 4.79 Å². The predicted molar refractivity (Wildman–Crippen MR) is 88.0 cm³/mol. The fourth-order valence-electron chi connectivity index (χ4n) is 2.56. The number of carbonyl (C=O) groups is 1. The van der Waals surface area contributed by atoms with Crippen molar-refractivity contribution in [2.45, 2.75) is 19.8 Å². The van der Waals surface area contributed by atoms with Crippen LogP contribution in [0.2, 0.25) is 5.02 Å². The molecule has 0 spiro atoms. The molecule has 0 aromatic heterocycles. The van der Waals surface area contributed by atoms with Crippen molar-refractivity contribution in [3.63, 3.8) is 0 Å². The van der Waals surface area contributed by atoms with Gasteiger partial charge in [0, 0.05) is 23.8 Å². The smallest absolute Gasteiger partial charge is 0.238 e. The summed E-state index contributed by atoms with van der Waals surface area (Å²) < 4.78 is 0. The van der Waals surface area contributed by atoms with Crippen LogP contribution < -0.4 is 5.32 Å². The Labute approximate surface area is 132 Å². The highest BCUT2D eigenvalue weighted by Gasteiger charge is 2.13. The monoisotopic (exact) mass is 309 g/mol. The molecule has 0 bridgehead atoms. The van der Waals surface area contributed by atoms with E-state index in [0.29, 0.717) is 11.6 Å². The maximum atomic E-state index is 12.1. The number of nitrogens with zero attached hydrogens (tertiary/aromatic N) is 2. The number of benzene rings is 1. The summed E-state index contributed by atoms with van der Waals surface area (Å²) in [6.45, 7) is 6.72. The molecule has 2 rings (SSSR count). The number of halogens is 1. The maximum Gasteiger partial charge on any atom is 0.238 e. The minimum Gasteiger partial charge on any atom is -0.325 e. The Morgan fingerprint density at radius 3 is 2.81 bits per heavy atom. The molecule has 1 aliphatic heterocycles. The van der Waals surface area contributed by atoms with Crippen LogP contribution in [0.3, 0.4) is 0 Å². The van der Waals surface area contributed by atoms with E-state index in [-0.39, 0.29) is 5.91 Å². The van der Waals surface area contributed by atoms with Crippen LogP contribution in [0.25, 0.3) is 0 Å². The lowest BCUT2D eigenvalue weighted by molar-refractivity contribution is -0.117. The van der Waals surface area contributed by atoms with E-state index in [1.807, 2.05) is 26.1 Å². The Bertz CT molecular complexity index is 486. The minimum absolute atomic E-state index is 0.00397. The first kappa shape index (κ1) is 16.3. The zero-order valence-electron chi connectivity index (χ0n) is 12.9. The van der Waals surface area contributed by atoms with Gasteiger partial charge in [-0.15, -0.1) is 0 Å². The molecule has 1 saturated heterocycles. The number of carbonyl (C=O) groups excluding carboxylic acids is 1. The lowest BCUT2D eigenvalue weighted by Crippen LogP contribution is -2.36. The molecule has 0 atom stereocenters. The van der Waals surface area contributed by atoms with Gasteiger partial charge in [-0.1, -0.05) is 17.7 Å². The molecule has 0 saturated carbocycles. The van der Waals surface area contributed by atoms with Crippen LogP contribution in [0.15, 0.2) is 18.2 Å². The van der Waals surface area contributed by atoms with Crippen molar-refractivity contribution in [1.82, 2.24) is 9.80 Å². The van der Waals surface area contributed by atoms with E-state index in [1.54, 1.807) is 6.07 Å². The molecular weight excluding hydrogens is 286 g/mol. The Morgan fingerprint density at radius 1 is 1.38 bits per heavy atom. The molecular formula is C16H24ClN3O. The predicted octanol–water partition coefficient (Wildman–Crippen LogP) is 2.61. The van der Waals surface area contributed by atoms with E-state index in [0.717, 1.165) is 24.3 Å². The van der Waals surface area contributed by atoms with Gasteiger partial charge < -0.3 is 10.2 Å². The van der Waals surface area contributed by atoms with Crippen LogP contribution in [-0.4, -0.2) is 55.5 Å². The summed E-state index contributed by atoms with van der Waals surface area (Å²) in [6, 6.07) is 5.53. The Morgan fingerprint density at radius 2 is 2.10 bits per heavy atom. The number of likely N-dealkylation sites (tertiary alicyclic amines) is 1. The van der Waals surface area contributed by atoms with E-state index in [1.165, 1.54) is 25.9 Å². The molecule has 1 aromatic rings. The van der Waals surface area contributed by atoms with Crippen molar-refractivity contribution in [3.05, 3.63) is 28.8 Å². The van der Waals surface area contributed by atoms with E-state index >= 15 is 0 Å². The Hall–Kier alpha value is -1.10. The van der Waals surface area contributed by atoms with Gasteiger partial charge in [-0.3, -0.25) is 9.69 Å². The zero-order valence-corrected chi connectivity index (χ0v) is 13.6. The fourth-order valence-corrected chi connectivity index (χ4v) is 2.73. The molecule has 1 N–H and O–H groups in total. The van der Waals surface area contributed by atoms with Gasteiger partial charge in [-0.2, -0.15) is 0 Å². The molecule has 0 unspecified atom stereocenters. The van der Waals surface area contributed by atoms with Crippen molar-refractivity contribution in [1.29, 1.82) is 0 Å². The molecule has 4 nitrogen and oxygen atoms in total. The van der Waals surface area contributed by atoms with Crippen molar-refractivity contribution in [3.8, 4) is 0 Å². The van der Waals surface area contributed by atoms with E-state index < -0.39 is 0 Å². The van der Waals surface area contributed by atoms with Crippen LogP contribution in [0, 0.1) is 6.92 Å². The second-order valence-corrected chi connectivity index (χ2v) is 6.23. The molecule has 1 aliphatic rings. The van der Waals surface area contributed by atoms with E-state index in [2.05, 4.69) is 15.1 Å². The van der Waals surface area contributed by atoms with Crippen molar-refractivity contribution < 1.29 is 4.79 Å². The minimum atomic E-state index is 0.00397. The van der Waals surface area contributed by atoms with Gasteiger partial charge in [0.2, 0.25) is 5.91 Å². The average molecular weight is 310 g/mol. The number of likely N-dealkylation sites (N-methyl/N-ethyl adjacent to an activating group) is 1. The zero-order chi connectivity index (χ0) is 15.2. The second-order valence-electron chi connectivity index (χ2n) is 5.79. The molecule has 0 aliphatic carbocycles. The second kappa shape index (κ2) is 7.78. The van der Waals surface area contributed by atoms with E-state index in [4.69, 9.17) is 11.6 Å². The van der Waals surface area contributed by atoms with Gasteiger partial charge in [0.15, 0.2) is 0 Å². The van der Waals surface area contributed by atoms with Gasteiger partial charge in [0.25, 0.3) is 0 Å². The maximum absolute atomic E-state index is 12.1. The standard InChI is InChI=1S/C16H24ClN3O/c1-13-5-6-14(17)11-15(13)18-16(21)12-19(2)9-10-20-7-3-4-8-20/h5-6,11H,3-4,7-10,12H2,1-2H3,(H,18,21). The van der Waals surface area contributed by atoms with Gasteiger partial charge in [-0.25, -0.2) is 0 Å². The lowest BCUT2D eigenvalue weighted by atomic mass is 10.2. The third-order valence-corrected chi connectivity index (χ3v) is 4.12. The summed E-state index contributed by atoms with van der Waals surface area (Å²) in [5.41, 5.74) is 1.81. The SMILES string of the molecule is Cc1ccc(Cl)cc1NC(=O)CN(C)CCN1CCCC1. The van der Waals surface area contributed by atoms with Gasteiger partial charge in [-0.05, 0) is 57.6 Å². The summed E-state index contributed by atoms with van der Waals surface area (Å²) in [6.07, 6.45) is 2.61. The largest absolute Gasteiger partial charge is 0.325 e. The highest BCUT2D eigenvalue weighted by atomic mass is 35.5. The lowest BCUT2D eigenvalue weighted by Gasteiger charge is -2.21. The first-order valence-corrected chi connectivity index (χ1v) is 7.89. The van der Waals surface area contributed by atoms with E-state index in [9.17, 15) is 4.79 Å². The third kappa shape index (κ3) is 5.30. The summed E-state index contributed by atoms with van der Waals surface area (Å²) in [5.74, 6) is 0.00397. The molecule has 116 valence electrons. The number of nitrogens with one attached hydrogen (secondary N) is 1. The third-order valence-electron chi connectivity index (χ3n) is 3.88. The number of hydrogen-bond donors (Lipinski definition) is 1. The fraction of sp³-hybridized carbons (Fsp3) is 0.562.